The van der Waals surface area contributed by atoms with Gasteiger partial charge in [-0.15, -0.1) is 0 Å². The second-order valence-electron chi connectivity index (χ2n) is 3.13. The number of hydrogen-bond donors (Lipinski definition) is 1. The lowest BCUT2D eigenvalue weighted by atomic mass is 10.2. The van der Waals surface area contributed by atoms with Gasteiger partial charge in [0.1, 0.15) is 6.20 Å². The Hall–Kier alpha value is -0.830. The van der Waals surface area contributed by atoms with Crippen molar-refractivity contribution in [1.29, 1.82) is 0 Å². The molecule has 3 heteroatoms. The van der Waals surface area contributed by atoms with Crippen LogP contribution in [0.15, 0.2) is 0 Å². The van der Waals surface area contributed by atoms with E-state index in [1.54, 1.807) is 0 Å². The van der Waals surface area contributed by atoms with E-state index >= 15 is 0 Å². The van der Waals surface area contributed by atoms with Crippen molar-refractivity contribution in [2.75, 3.05) is 13.6 Å². The van der Waals surface area contributed by atoms with Crippen LogP contribution < -0.4 is 0 Å². The molecule has 1 aromatic rings. The molecule has 0 saturated carbocycles. The highest BCUT2D eigenvalue weighted by Gasteiger charge is 2.12. The van der Waals surface area contributed by atoms with Crippen molar-refractivity contribution >= 4 is 0 Å². The van der Waals surface area contributed by atoms with Gasteiger partial charge in [0.25, 0.3) is 0 Å². The number of nitrogens with one attached hydrogen (secondary N) is 1. The molecule has 0 aromatic carbocycles. The van der Waals surface area contributed by atoms with Crippen molar-refractivity contribution in [2.24, 2.45) is 0 Å². The molecule has 0 atom stereocenters. The molecule has 0 fully saturated rings. The van der Waals surface area contributed by atoms with E-state index in [0.29, 0.717) is 0 Å². The molecule has 1 aliphatic rings. The van der Waals surface area contributed by atoms with Crippen LogP contribution in [-0.2, 0) is 13.0 Å². The van der Waals surface area contributed by atoms with Crippen LogP contribution in [0.4, 0.5) is 0 Å². The highest BCUT2D eigenvalue weighted by Crippen LogP contribution is 2.13. The predicted octanol–water partition coefficient (Wildman–Crippen LogP) is 0.588. The van der Waals surface area contributed by atoms with Crippen molar-refractivity contribution in [3.8, 4) is 0 Å². The van der Waals surface area contributed by atoms with E-state index in [1.165, 1.54) is 24.2 Å². The summed E-state index contributed by atoms with van der Waals surface area (Å²) in [6.45, 7) is 2.17. The molecule has 11 heavy (non-hydrogen) atoms. The molecule has 0 amide bonds. The topological polar surface area (TPSA) is 31.9 Å². The second-order valence-corrected chi connectivity index (χ2v) is 3.13. The van der Waals surface area contributed by atoms with Crippen LogP contribution >= 0.6 is 0 Å². The second kappa shape index (κ2) is 2.66. The normalized spacial score (nSPS) is 19.4. The molecule has 2 rings (SSSR count). The largest absolute Gasteiger partial charge is 0.302 e. The van der Waals surface area contributed by atoms with Gasteiger partial charge in [-0.1, -0.05) is 0 Å². The van der Waals surface area contributed by atoms with Crippen molar-refractivity contribution in [3.05, 3.63) is 17.5 Å². The Labute approximate surface area is 66.4 Å². The van der Waals surface area contributed by atoms with Gasteiger partial charge in [-0.2, -0.15) is 5.10 Å². The number of aromatic amines is 1. The molecule has 1 radical (unpaired) electrons. The SMILES string of the molecule is CN1CCCc2[nH]n[c]c2C1. The first-order chi connectivity index (χ1) is 5.36. The van der Waals surface area contributed by atoms with Crippen molar-refractivity contribution in [3.63, 3.8) is 0 Å². The highest BCUT2D eigenvalue weighted by atomic mass is 15.1. The monoisotopic (exact) mass is 150 g/mol. The average Bonchev–Trinajstić information content (AvgIpc) is 2.31. The number of nitrogens with zero attached hydrogens (tertiary/aromatic N) is 2. The predicted molar refractivity (Wildman–Crippen MR) is 42.1 cm³/mol. The molecule has 0 saturated heterocycles. The smallest absolute Gasteiger partial charge is 0.117 e. The Morgan fingerprint density at radius 3 is 3.45 bits per heavy atom. The molecular weight excluding hydrogens is 138 g/mol. The van der Waals surface area contributed by atoms with E-state index < -0.39 is 0 Å². The number of H-pyrrole nitrogens is 1. The summed E-state index contributed by atoms with van der Waals surface area (Å²) in [4.78, 5) is 2.30. The third kappa shape index (κ3) is 1.28. The van der Waals surface area contributed by atoms with E-state index in [4.69, 9.17) is 0 Å². The molecule has 0 spiro atoms. The van der Waals surface area contributed by atoms with Gasteiger partial charge in [0.05, 0.1) is 0 Å². The Morgan fingerprint density at radius 2 is 2.55 bits per heavy atom. The fourth-order valence-electron chi connectivity index (χ4n) is 1.51. The van der Waals surface area contributed by atoms with Gasteiger partial charge >= 0.3 is 0 Å². The highest BCUT2D eigenvalue weighted by molar-refractivity contribution is 5.16. The summed E-state index contributed by atoms with van der Waals surface area (Å²) in [5.74, 6) is 0. The molecule has 1 aromatic heterocycles. The van der Waals surface area contributed by atoms with Gasteiger partial charge in [-0.25, -0.2) is 0 Å². The molecule has 0 aliphatic carbocycles. The summed E-state index contributed by atoms with van der Waals surface area (Å²) in [5.41, 5.74) is 2.51. The maximum absolute atomic E-state index is 3.90. The van der Waals surface area contributed by atoms with E-state index in [0.717, 1.165) is 13.0 Å². The van der Waals surface area contributed by atoms with E-state index in [-0.39, 0.29) is 0 Å². The first kappa shape index (κ1) is 6.85. The molecule has 3 nitrogen and oxygen atoms in total. The summed E-state index contributed by atoms with van der Waals surface area (Å²) in [5, 5.41) is 6.89. The van der Waals surface area contributed by atoms with Crippen LogP contribution in [0.2, 0.25) is 0 Å². The molecule has 59 valence electrons. The fourth-order valence-corrected chi connectivity index (χ4v) is 1.51. The molecular formula is C8H12N3. The van der Waals surface area contributed by atoms with Crippen molar-refractivity contribution in [2.45, 2.75) is 19.4 Å². The van der Waals surface area contributed by atoms with Crippen LogP contribution in [0.5, 0.6) is 0 Å². The average molecular weight is 150 g/mol. The molecule has 2 heterocycles. The minimum atomic E-state index is 0.992. The van der Waals surface area contributed by atoms with Gasteiger partial charge in [0.15, 0.2) is 0 Å². The minimum absolute atomic E-state index is 0.992. The Morgan fingerprint density at radius 1 is 1.64 bits per heavy atom. The van der Waals surface area contributed by atoms with Crippen molar-refractivity contribution in [1.82, 2.24) is 15.1 Å². The molecule has 0 bridgehead atoms. The van der Waals surface area contributed by atoms with Gasteiger partial charge in [0.2, 0.25) is 0 Å². The van der Waals surface area contributed by atoms with E-state index in [1.807, 2.05) is 0 Å². The van der Waals surface area contributed by atoms with Gasteiger partial charge in [0, 0.05) is 17.8 Å². The number of aromatic nitrogens is 2. The third-order valence-electron chi connectivity index (χ3n) is 2.14. The zero-order valence-electron chi connectivity index (χ0n) is 6.72. The third-order valence-corrected chi connectivity index (χ3v) is 2.14. The fraction of sp³-hybridized carbons (Fsp3) is 0.625. The summed E-state index contributed by atoms with van der Waals surface area (Å²) >= 11 is 0. The van der Waals surface area contributed by atoms with Gasteiger partial charge in [-0.3, -0.25) is 5.10 Å². The summed E-state index contributed by atoms with van der Waals surface area (Å²) < 4.78 is 0. The zero-order valence-corrected chi connectivity index (χ0v) is 6.72. The van der Waals surface area contributed by atoms with Crippen LogP contribution in [0, 0.1) is 6.20 Å². The van der Waals surface area contributed by atoms with Gasteiger partial charge in [-0.05, 0) is 26.4 Å². The van der Waals surface area contributed by atoms with Crippen LogP contribution in [0.1, 0.15) is 17.7 Å². The number of aryl methyl sites for hydroxylation is 1. The van der Waals surface area contributed by atoms with Crippen molar-refractivity contribution < 1.29 is 0 Å². The first-order valence-corrected chi connectivity index (χ1v) is 3.98. The Bertz CT molecular complexity index is 241. The first-order valence-electron chi connectivity index (χ1n) is 3.98. The Kier molecular flexibility index (Phi) is 1.66. The lowest BCUT2D eigenvalue weighted by Gasteiger charge is -2.10. The summed E-state index contributed by atoms with van der Waals surface area (Å²) in [7, 11) is 2.13. The van der Waals surface area contributed by atoms with Crippen LogP contribution in [-0.4, -0.2) is 28.7 Å². The molecule has 0 unspecified atom stereocenters. The molecule has 1 N–H and O–H groups in total. The lowest BCUT2D eigenvalue weighted by molar-refractivity contribution is 0.331. The van der Waals surface area contributed by atoms with Crippen LogP contribution in [0.25, 0.3) is 0 Å². The number of fused-ring (bicyclic) bond motifs is 1. The van der Waals surface area contributed by atoms with Crippen LogP contribution in [0.3, 0.4) is 0 Å². The van der Waals surface area contributed by atoms with E-state index in [2.05, 4.69) is 28.3 Å². The number of rotatable bonds is 0. The maximum atomic E-state index is 3.90. The quantitative estimate of drug-likeness (QED) is 0.587. The Balaban J connectivity index is 2.26. The minimum Gasteiger partial charge on any atom is -0.302 e. The maximum Gasteiger partial charge on any atom is 0.117 e. The molecule has 1 aliphatic heterocycles. The summed E-state index contributed by atoms with van der Waals surface area (Å²) in [6, 6.07) is 0. The zero-order chi connectivity index (χ0) is 7.68. The van der Waals surface area contributed by atoms with Gasteiger partial charge < -0.3 is 4.90 Å². The lowest BCUT2D eigenvalue weighted by Crippen LogP contribution is -2.16. The standard InChI is InChI=1S/C8H12N3/c1-11-4-2-3-8-7(6-11)5-9-10-8/h2-4,6H2,1H3,(H,9,10). The van der Waals surface area contributed by atoms with E-state index in [9.17, 15) is 0 Å². The number of hydrogen-bond acceptors (Lipinski definition) is 2. The summed E-state index contributed by atoms with van der Waals surface area (Å²) in [6.07, 6.45) is 5.32.